The molecule has 0 N–H and O–H groups in total. The van der Waals surface area contributed by atoms with Crippen LogP contribution in [0.15, 0.2) is 36.4 Å². The van der Waals surface area contributed by atoms with Crippen molar-refractivity contribution in [2.24, 2.45) is 11.8 Å². The topological polar surface area (TPSA) is 40.6 Å². The summed E-state index contributed by atoms with van der Waals surface area (Å²) in [6.45, 7) is 3.64. The molecule has 1 heterocycles. The summed E-state index contributed by atoms with van der Waals surface area (Å²) in [6.07, 6.45) is 9.76. The first-order chi connectivity index (χ1) is 13.0. The summed E-state index contributed by atoms with van der Waals surface area (Å²) in [6, 6.07) is 10.3. The second kappa shape index (κ2) is 9.20. The van der Waals surface area contributed by atoms with Crippen molar-refractivity contribution in [3.63, 3.8) is 0 Å². The summed E-state index contributed by atoms with van der Waals surface area (Å²) in [5.74, 6) is 1.18. The fourth-order valence-corrected chi connectivity index (χ4v) is 4.28. The zero-order chi connectivity index (χ0) is 19.2. The van der Waals surface area contributed by atoms with Gasteiger partial charge in [-0.15, -0.1) is 0 Å². The molecule has 0 bridgehead atoms. The maximum absolute atomic E-state index is 12.9. The average molecular weight is 369 g/mol. The van der Waals surface area contributed by atoms with Crippen molar-refractivity contribution in [1.29, 1.82) is 0 Å². The van der Waals surface area contributed by atoms with Gasteiger partial charge < -0.3 is 9.80 Å². The number of hydrogen-bond donors (Lipinski definition) is 0. The standard InChI is InChI=1S/C23H32N2O2/c1-18-8-11-21(12-9-18)24(2)23(27)20-14-16-25(17-15-20)22(26)13-10-19-6-4-3-5-7-19/h3-7,10,13,18,20-21H,8-9,11-12,14-17H2,1-2H3. The Morgan fingerprint density at radius 2 is 1.63 bits per heavy atom. The van der Waals surface area contributed by atoms with Gasteiger partial charge in [0.2, 0.25) is 11.8 Å². The van der Waals surface area contributed by atoms with Gasteiger partial charge in [-0.25, -0.2) is 0 Å². The molecule has 2 amide bonds. The number of rotatable bonds is 4. The van der Waals surface area contributed by atoms with Crippen molar-refractivity contribution in [3.05, 3.63) is 42.0 Å². The number of hydrogen-bond acceptors (Lipinski definition) is 2. The molecule has 0 radical (unpaired) electrons. The fourth-order valence-electron chi connectivity index (χ4n) is 4.28. The summed E-state index contributed by atoms with van der Waals surface area (Å²) >= 11 is 0. The van der Waals surface area contributed by atoms with Crippen LogP contribution in [0.3, 0.4) is 0 Å². The minimum absolute atomic E-state index is 0.0411. The van der Waals surface area contributed by atoms with Crippen molar-refractivity contribution in [2.75, 3.05) is 20.1 Å². The summed E-state index contributed by atoms with van der Waals surface area (Å²) in [5, 5.41) is 0. The lowest BCUT2D eigenvalue weighted by Crippen LogP contribution is -2.46. The van der Waals surface area contributed by atoms with E-state index in [4.69, 9.17) is 0 Å². The number of piperidine rings is 1. The third-order valence-electron chi connectivity index (χ3n) is 6.25. The molecule has 146 valence electrons. The van der Waals surface area contributed by atoms with Gasteiger partial charge in [-0.3, -0.25) is 9.59 Å². The number of likely N-dealkylation sites (tertiary alicyclic amines) is 1. The fraction of sp³-hybridized carbons (Fsp3) is 0.565. The van der Waals surface area contributed by atoms with Crippen molar-refractivity contribution in [1.82, 2.24) is 9.80 Å². The molecule has 0 spiro atoms. The Kier molecular flexibility index (Phi) is 6.70. The zero-order valence-electron chi connectivity index (χ0n) is 16.6. The molecule has 0 aromatic heterocycles. The number of amides is 2. The third-order valence-corrected chi connectivity index (χ3v) is 6.25. The molecular weight excluding hydrogens is 336 g/mol. The van der Waals surface area contributed by atoms with Crippen molar-refractivity contribution >= 4 is 17.9 Å². The van der Waals surface area contributed by atoms with Gasteiger partial charge in [-0.05, 0) is 56.1 Å². The van der Waals surface area contributed by atoms with Crippen LogP contribution in [0.4, 0.5) is 0 Å². The number of carbonyl (C=O) groups is 2. The van der Waals surface area contributed by atoms with E-state index in [9.17, 15) is 9.59 Å². The van der Waals surface area contributed by atoms with E-state index in [1.54, 1.807) is 6.08 Å². The van der Waals surface area contributed by atoms with Crippen LogP contribution in [0.1, 0.15) is 51.0 Å². The van der Waals surface area contributed by atoms with E-state index in [2.05, 4.69) is 6.92 Å². The molecule has 1 aliphatic heterocycles. The Balaban J connectivity index is 1.47. The molecule has 3 rings (SSSR count). The van der Waals surface area contributed by atoms with E-state index in [1.165, 1.54) is 12.8 Å². The van der Waals surface area contributed by atoms with Gasteiger partial charge in [0.05, 0.1) is 0 Å². The Bertz CT molecular complexity index is 654. The quantitative estimate of drug-likeness (QED) is 0.755. The highest BCUT2D eigenvalue weighted by Gasteiger charge is 2.32. The van der Waals surface area contributed by atoms with Crippen LogP contribution < -0.4 is 0 Å². The summed E-state index contributed by atoms with van der Waals surface area (Å²) in [4.78, 5) is 29.1. The molecule has 2 fully saturated rings. The number of carbonyl (C=O) groups excluding carboxylic acids is 2. The molecule has 1 aromatic carbocycles. The maximum atomic E-state index is 12.9. The van der Waals surface area contributed by atoms with Crippen molar-refractivity contribution in [2.45, 2.75) is 51.5 Å². The second-order valence-corrected chi connectivity index (χ2v) is 8.21. The maximum Gasteiger partial charge on any atom is 0.246 e. The normalized spacial score (nSPS) is 24.1. The molecule has 1 saturated heterocycles. The van der Waals surface area contributed by atoms with E-state index in [0.717, 1.165) is 37.2 Å². The predicted molar refractivity (Wildman–Crippen MR) is 109 cm³/mol. The molecule has 2 aliphatic rings. The Hall–Kier alpha value is -2.10. The predicted octanol–water partition coefficient (Wildman–Crippen LogP) is 3.98. The lowest BCUT2D eigenvalue weighted by atomic mass is 9.86. The molecule has 0 atom stereocenters. The molecule has 4 nitrogen and oxygen atoms in total. The first kappa shape index (κ1) is 19.7. The van der Waals surface area contributed by atoms with E-state index in [0.29, 0.717) is 19.1 Å². The molecule has 27 heavy (non-hydrogen) atoms. The molecule has 0 unspecified atom stereocenters. The van der Waals surface area contributed by atoms with E-state index < -0.39 is 0 Å². The van der Waals surface area contributed by atoms with Gasteiger partial charge in [0.15, 0.2) is 0 Å². The first-order valence-electron chi connectivity index (χ1n) is 10.3. The highest BCUT2D eigenvalue weighted by molar-refractivity contribution is 5.92. The molecule has 1 aliphatic carbocycles. The van der Waals surface area contributed by atoms with Crippen LogP contribution >= 0.6 is 0 Å². The van der Waals surface area contributed by atoms with Gasteiger partial charge in [-0.2, -0.15) is 0 Å². The van der Waals surface area contributed by atoms with E-state index >= 15 is 0 Å². The molecule has 1 saturated carbocycles. The highest BCUT2D eigenvalue weighted by Crippen LogP contribution is 2.28. The first-order valence-corrected chi connectivity index (χ1v) is 10.3. The second-order valence-electron chi connectivity index (χ2n) is 8.21. The number of nitrogens with zero attached hydrogens (tertiary/aromatic N) is 2. The van der Waals surface area contributed by atoms with E-state index in [-0.39, 0.29) is 17.7 Å². The Morgan fingerprint density at radius 1 is 1.00 bits per heavy atom. The lowest BCUT2D eigenvalue weighted by Gasteiger charge is -2.38. The van der Waals surface area contributed by atoms with Crippen molar-refractivity contribution in [3.8, 4) is 0 Å². The largest absolute Gasteiger partial charge is 0.343 e. The van der Waals surface area contributed by atoms with Gasteiger partial charge in [0, 0.05) is 38.2 Å². The van der Waals surface area contributed by atoms with Crippen LogP contribution in [0, 0.1) is 11.8 Å². The van der Waals surface area contributed by atoms with Gasteiger partial charge in [-0.1, -0.05) is 37.3 Å². The van der Waals surface area contributed by atoms with Gasteiger partial charge in [0.25, 0.3) is 0 Å². The minimum atomic E-state index is 0.0411. The molecular formula is C23H32N2O2. The smallest absolute Gasteiger partial charge is 0.246 e. The van der Waals surface area contributed by atoms with Gasteiger partial charge >= 0.3 is 0 Å². The summed E-state index contributed by atoms with van der Waals surface area (Å²) in [7, 11) is 1.98. The molecule has 1 aromatic rings. The van der Waals surface area contributed by atoms with Crippen LogP contribution in [-0.4, -0.2) is 47.8 Å². The Labute approximate surface area is 163 Å². The third kappa shape index (κ3) is 5.21. The SMILES string of the molecule is CC1CCC(N(C)C(=O)C2CCN(C(=O)C=Cc3ccccc3)CC2)CC1. The van der Waals surface area contributed by atoms with Crippen LogP contribution in [-0.2, 0) is 9.59 Å². The summed E-state index contributed by atoms with van der Waals surface area (Å²) in [5.41, 5.74) is 1.03. The Morgan fingerprint density at radius 3 is 2.26 bits per heavy atom. The summed E-state index contributed by atoms with van der Waals surface area (Å²) < 4.78 is 0. The van der Waals surface area contributed by atoms with Crippen molar-refractivity contribution < 1.29 is 9.59 Å². The lowest BCUT2D eigenvalue weighted by molar-refractivity contribution is -0.140. The van der Waals surface area contributed by atoms with Crippen LogP contribution in [0.2, 0.25) is 0 Å². The minimum Gasteiger partial charge on any atom is -0.343 e. The van der Waals surface area contributed by atoms with Crippen LogP contribution in [0.5, 0.6) is 0 Å². The zero-order valence-corrected chi connectivity index (χ0v) is 16.6. The van der Waals surface area contributed by atoms with Crippen LogP contribution in [0.25, 0.3) is 6.08 Å². The highest BCUT2D eigenvalue weighted by atomic mass is 16.2. The van der Waals surface area contributed by atoms with Gasteiger partial charge in [0.1, 0.15) is 0 Å². The molecule has 4 heteroatoms. The van der Waals surface area contributed by atoms with E-state index in [1.807, 2.05) is 53.3 Å². The monoisotopic (exact) mass is 368 g/mol. The number of benzene rings is 1. The average Bonchev–Trinajstić information content (AvgIpc) is 2.72.